The maximum absolute atomic E-state index is 12.5. The molecule has 1 N–H and O–H groups in total. The lowest BCUT2D eigenvalue weighted by molar-refractivity contribution is -0.138. The Hall–Kier alpha value is -0.690. The van der Waals surface area contributed by atoms with E-state index in [0.717, 1.165) is 39.1 Å². The number of rotatable bonds is 3. The van der Waals surface area contributed by atoms with Crippen LogP contribution in [0, 0.1) is 5.92 Å². The van der Waals surface area contributed by atoms with Crippen molar-refractivity contribution in [2.24, 2.45) is 5.92 Å². The molecule has 0 unspecified atom stereocenters. The minimum absolute atomic E-state index is 0.0875. The van der Waals surface area contributed by atoms with E-state index in [1.54, 1.807) is 0 Å². The number of morpholine rings is 1. The average molecular weight is 298 g/mol. The minimum Gasteiger partial charge on any atom is -0.387 e. The molecule has 1 amide bonds. The van der Waals surface area contributed by atoms with E-state index in [0.29, 0.717) is 39.3 Å². The van der Waals surface area contributed by atoms with Crippen molar-refractivity contribution in [3.05, 3.63) is 0 Å². The van der Waals surface area contributed by atoms with Crippen molar-refractivity contribution in [1.29, 1.82) is 0 Å². The summed E-state index contributed by atoms with van der Waals surface area (Å²) >= 11 is 0. The highest BCUT2D eigenvalue weighted by atomic mass is 16.5. The van der Waals surface area contributed by atoms with Crippen LogP contribution in [-0.2, 0) is 14.3 Å². The zero-order valence-corrected chi connectivity index (χ0v) is 12.6. The van der Waals surface area contributed by atoms with Gasteiger partial charge in [0.15, 0.2) is 0 Å². The molecule has 3 rings (SSSR count). The summed E-state index contributed by atoms with van der Waals surface area (Å²) in [6.45, 7) is 6.38. The van der Waals surface area contributed by atoms with Gasteiger partial charge in [-0.15, -0.1) is 0 Å². The lowest BCUT2D eigenvalue weighted by Gasteiger charge is -2.34. The van der Waals surface area contributed by atoms with Gasteiger partial charge in [-0.3, -0.25) is 9.69 Å². The first-order valence-corrected chi connectivity index (χ1v) is 8.05. The van der Waals surface area contributed by atoms with E-state index in [1.807, 2.05) is 4.90 Å². The molecule has 3 fully saturated rings. The normalized spacial score (nSPS) is 32.5. The highest BCUT2D eigenvalue weighted by molar-refractivity contribution is 5.79. The molecule has 0 spiro atoms. The molecular formula is C15H26N2O4. The van der Waals surface area contributed by atoms with Crippen molar-refractivity contribution in [2.75, 3.05) is 59.2 Å². The SMILES string of the molecule is O=C(C1CCOCC1)N1CC[C@@](O)(CN2CCOCC2)C1. The number of aliphatic hydroxyl groups is 1. The van der Waals surface area contributed by atoms with Gasteiger partial charge >= 0.3 is 0 Å². The van der Waals surface area contributed by atoms with Crippen LogP contribution < -0.4 is 0 Å². The summed E-state index contributed by atoms with van der Waals surface area (Å²) in [5.41, 5.74) is -0.752. The van der Waals surface area contributed by atoms with Gasteiger partial charge in [0.2, 0.25) is 5.91 Å². The van der Waals surface area contributed by atoms with Crippen LogP contribution in [0.25, 0.3) is 0 Å². The fourth-order valence-electron chi connectivity index (χ4n) is 3.55. The zero-order valence-electron chi connectivity index (χ0n) is 12.6. The van der Waals surface area contributed by atoms with Crippen molar-refractivity contribution in [3.63, 3.8) is 0 Å². The minimum atomic E-state index is -0.752. The van der Waals surface area contributed by atoms with Gasteiger partial charge < -0.3 is 19.5 Å². The molecule has 0 radical (unpaired) electrons. The Morgan fingerprint density at radius 3 is 2.48 bits per heavy atom. The van der Waals surface area contributed by atoms with E-state index >= 15 is 0 Å². The Bertz CT molecular complexity index is 367. The highest BCUT2D eigenvalue weighted by Gasteiger charge is 2.41. The van der Waals surface area contributed by atoms with Crippen LogP contribution in [0.4, 0.5) is 0 Å². The van der Waals surface area contributed by atoms with Crippen LogP contribution >= 0.6 is 0 Å². The number of ether oxygens (including phenoxy) is 2. The van der Waals surface area contributed by atoms with Crippen LogP contribution in [0.15, 0.2) is 0 Å². The fourth-order valence-corrected chi connectivity index (χ4v) is 3.55. The highest BCUT2D eigenvalue weighted by Crippen LogP contribution is 2.26. The molecule has 0 aromatic heterocycles. The summed E-state index contributed by atoms with van der Waals surface area (Å²) in [5, 5.41) is 10.8. The third-order valence-corrected chi connectivity index (χ3v) is 4.84. The van der Waals surface area contributed by atoms with Crippen molar-refractivity contribution < 1.29 is 19.4 Å². The maximum atomic E-state index is 12.5. The van der Waals surface area contributed by atoms with Gasteiger partial charge in [0.1, 0.15) is 0 Å². The standard InChI is InChI=1S/C15H26N2O4/c18-14(13-1-7-20-8-2-13)17-4-3-15(19,12-17)11-16-5-9-21-10-6-16/h13,19H,1-12H2/t15-/m1/s1. The molecule has 3 heterocycles. The monoisotopic (exact) mass is 298 g/mol. The molecule has 0 aromatic carbocycles. The van der Waals surface area contributed by atoms with Crippen LogP contribution in [-0.4, -0.2) is 85.6 Å². The number of hydrogen-bond donors (Lipinski definition) is 1. The molecule has 0 saturated carbocycles. The van der Waals surface area contributed by atoms with Crippen molar-refractivity contribution in [2.45, 2.75) is 24.9 Å². The summed E-state index contributed by atoms with van der Waals surface area (Å²) < 4.78 is 10.7. The van der Waals surface area contributed by atoms with Crippen molar-refractivity contribution >= 4 is 5.91 Å². The molecule has 3 aliphatic rings. The van der Waals surface area contributed by atoms with Crippen LogP contribution in [0.5, 0.6) is 0 Å². The zero-order chi connectivity index (χ0) is 14.7. The summed E-state index contributed by atoms with van der Waals surface area (Å²) in [7, 11) is 0. The number of β-amino-alcohol motifs (C(OH)–C–C–N with tert-alkyl or cyclic N) is 1. The number of hydrogen-bond acceptors (Lipinski definition) is 5. The Morgan fingerprint density at radius 1 is 1.10 bits per heavy atom. The van der Waals surface area contributed by atoms with Gasteiger partial charge in [0.25, 0.3) is 0 Å². The first-order valence-electron chi connectivity index (χ1n) is 8.05. The second kappa shape index (κ2) is 6.60. The number of nitrogens with zero attached hydrogens (tertiary/aromatic N) is 2. The van der Waals surface area contributed by atoms with Crippen LogP contribution in [0.3, 0.4) is 0 Å². The molecule has 6 nitrogen and oxygen atoms in total. The quantitative estimate of drug-likeness (QED) is 0.776. The number of carbonyl (C=O) groups is 1. The van der Waals surface area contributed by atoms with E-state index in [4.69, 9.17) is 9.47 Å². The van der Waals surface area contributed by atoms with E-state index < -0.39 is 5.60 Å². The smallest absolute Gasteiger partial charge is 0.225 e. The second-order valence-electron chi connectivity index (χ2n) is 6.51. The maximum Gasteiger partial charge on any atom is 0.225 e. The first-order chi connectivity index (χ1) is 10.2. The second-order valence-corrected chi connectivity index (χ2v) is 6.51. The molecule has 1 atom stereocenters. The fraction of sp³-hybridized carbons (Fsp3) is 0.933. The molecule has 3 saturated heterocycles. The Balaban J connectivity index is 1.52. The molecule has 0 bridgehead atoms. The number of amides is 1. The lowest BCUT2D eigenvalue weighted by Crippen LogP contribution is -2.49. The predicted molar refractivity (Wildman–Crippen MR) is 76.9 cm³/mol. The molecular weight excluding hydrogens is 272 g/mol. The average Bonchev–Trinajstić information content (AvgIpc) is 2.90. The molecule has 120 valence electrons. The predicted octanol–water partition coefficient (Wildman–Crippen LogP) is -0.291. The van der Waals surface area contributed by atoms with Gasteiger partial charge in [-0.1, -0.05) is 0 Å². The molecule has 0 aliphatic carbocycles. The molecule has 21 heavy (non-hydrogen) atoms. The molecule has 3 aliphatic heterocycles. The van der Waals surface area contributed by atoms with Gasteiger partial charge in [0.05, 0.1) is 25.4 Å². The van der Waals surface area contributed by atoms with E-state index in [9.17, 15) is 9.90 Å². The van der Waals surface area contributed by atoms with Crippen LogP contribution in [0.2, 0.25) is 0 Å². The summed E-state index contributed by atoms with van der Waals surface area (Å²) in [6.07, 6.45) is 2.31. The van der Waals surface area contributed by atoms with Gasteiger partial charge in [-0.2, -0.15) is 0 Å². The van der Waals surface area contributed by atoms with E-state index in [2.05, 4.69) is 4.90 Å². The molecule has 0 aromatic rings. The summed E-state index contributed by atoms with van der Waals surface area (Å²) in [5.74, 6) is 0.292. The Labute approximate surface area is 126 Å². The van der Waals surface area contributed by atoms with Crippen LogP contribution in [0.1, 0.15) is 19.3 Å². The van der Waals surface area contributed by atoms with Gasteiger partial charge in [0, 0.05) is 45.3 Å². The van der Waals surface area contributed by atoms with E-state index in [-0.39, 0.29) is 11.8 Å². The third-order valence-electron chi connectivity index (χ3n) is 4.84. The van der Waals surface area contributed by atoms with Gasteiger partial charge in [-0.25, -0.2) is 0 Å². The summed E-state index contributed by atoms with van der Waals surface area (Å²) in [6, 6.07) is 0. The van der Waals surface area contributed by atoms with Crippen molar-refractivity contribution in [1.82, 2.24) is 9.80 Å². The first kappa shape index (κ1) is 15.2. The number of likely N-dealkylation sites (tertiary alicyclic amines) is 1. The van der Waals surface area contributed by atoms with Gasteiger partial charge in [-0.05, 0) is 19.3 Å². The van der Waals surface area contributed by atoms with Crippen molar-refractivity contribution in [3.8, 4) is 0 Å². The Morgan fingerprint density at radius 2 is 1.76 bits per heavy atom. The number of carbonyl (C=O) groups excluding carboxylic acids is 1. The summed E-state index contributed by atoms with van der Waals surface area (Å²) in [4.78, 5) is 16.6. The lowest BCUT2D eigenvalue weighted by atomic mass is 9.98. The third kappa shape index (κ3) is 3.74. The molecule has 6 heteroatoms. The Kier molecular flexibility index (Phi) is 4.78. The van der Waals surface area contributed by atoms with E-state index in [1.165, 1.54) is 0 Å². The topological polar surface area (TPSA) is 62.2 Å². The largest absolute Gasteiger partial charge is 0.387 e.